The maximum Gasteiger partial charge on any atom is 0.0641 e. The molecule has 2 nitrogen and oxygen atoms in total. The number of halogens is 1. The molecular weight excluding hydrogens is 256 g/mol. The largest absolute Gasteiger partial charge is 0.305 e. The molecule has 0 spiro atoms. The fourth-order valence-corrected chi connectivity index (χ4v) is 2.16. The third kappa shape index (κ3) is 3.82. The highest BCUT2D eigenvalue weighted by atomic mass is 35.5. The molecule has 96 valence electrons. The molecule has 0 bridgehead atoms. The van der Waals surface area contributed by atoms with E-state index < -0.39 is 0 Å². The standard InChI is InChI=1S/C16H15ClN2/c17-15-9-5-4-8-14(15)12-19-16(10-11-18)13-6-2-1-3-7-13/h1-9,16,19H,10,12H2. The first-order chi connectivity index (χ1) is 9.31. The minimum Gasteiger partial charge on any atom is -0.305 e. The second kappa shape index (κ2) is 6.94. The summed E-state index contributed by atoms with van der Waals surface area (Å²) >= 11 is 6.13. The van der Waals surface area contributed by atoms with Crippen LogP contribution >= 0.6 is 11.6 Å². The van der Waals surface area contributed by atoms with Crippen LogP contribution in [0.15, 0.2) is 54.6 Å². The van der Waals surface area contributed by atoms with Crippen molar-refractivity contribution >= 4 is 11.6 Å². The van der Waals surface area contributed by atoms with E-state index in [0.717, 1.165) is 16.1 Å². The molecule has 19 heavy (non-hydrogen) atoms. The number of benzene rings is 2. The van der Waals surface area contributed by atoms with Crippen LogP contribution < -0.4 is 5.32 Å². The minimum atomic E-state index is 0.0301. The Morgan fingerprint density at radius 2 is 1.74 bits per heavy atom. The lowest BCUT2D eigenvalue weighted by molar-refractivity contribution is 0.542. The maximum atomic E-state index is 8.93. The third-order valence-corrected chi connectivity index (χ3v) is 3.36. The molecule has 0 saturated heterocycles. The monoisotopic (exact) mass is 270 g/mol. The Morgan fingerprint density at radius 3 is 2.42 bits per heavy atom. The molecule has 0 aromatic heterocycles. The second-order valence-electron chi connectivity index (χ2n) is 4.30. The van der Waals surface area contributed by atoms with Crippen molar-refractivity contribution in [3.8, 4) is 6.07 Å². The van der Waals surface area contributed by atoms with Gasteiger partial charge in [-0.3, -0.25) is 0 Å². The van der Waals surface area contributed by atoms with Gasteiger partial charge < -0.3 is 5.32 Å². The van der Waals surface area contributed by atoms with E-state index in [2.05, 4.69) is 11.4 Å². The van der Waals surface area contributed by atoms with E-state index >= 15 is 0 Å². The lowest BCUT2D eigenvalue weighted by Gasteiger charge is -2.16. The summed E-state index contributed by atoms with van der Waals surface area (Å²) < 4.78 is 0. The molecule has 0 saturated carbocycles. The van der Waals surface area contributed by atoms with Crippen LogP contribution in [0.25, 0.3) is 0 Å². The molecule has 2 rings (SSSR count). The van der Waals surface area contributed by atoms with E-state index in [9.17, 15) is 0 Å². The van der Waals surface area contributed by atoms with Crippen molar-refractivity contribution < 1.29 is 0 Å². The minimum absolute atomic E-state index is 0.0301. The summed E-state index contributed by atoms with van der Waals surface area (Å²) in [5.74, 6) is 0. The van der Waals surface area contributed by atoms with Gasteiger partial charge in [0.15, 0.2) is 0 Å². The normalized spacial score (nSPS) is 11.8. The van der Waals surface area contributed by atoms with Gasteiger partial charge in [-0.2, -0.15) is 5.26 Å². The summed E-state index contributed by atoms with van der Waals surface area (Å²) in [5, 5.41) is 13.1. The number of nitrogens with one attached hydrogen (secondary N) is 1. The first kappa shape index (κ1) is 13.6. The molecule has 1 N–H and O–H groups in total. The van der Waals surface area contributed by atoms with Crippen molar-refractivity contribution in [1.29, 1.82) is 5.26 Å². The van der Waals surface area contributed by atoms with Crippen LogP contribution in [-0.2, 0) is 6.54 Å². The third-order valence-electron chi connectivity index (χ3n) is 2.99. The molecule has 1 unspecified atom stereocenters. The van der Waals surface area contributed by atoms with Crippen LogP contribution in [0.1, 0.15) is 23.6 Å². The predicted octanol–water partition coefficient (Wildman–Crippen LogP) is 4.08. The average molecular weight is 271 g/mol. The average Bonchev–Trinajstić information content (AvgIpc) is 2.46. The number of hydrogen-bond donors (Lipinski definition) is 1. The summed E-state index contributed by atoms with van der Waals surface area (Å²) in [4.78, 5) is 0. The topological polar surface area (TPSA) is 35.8 Å². The predicted molar refractivity (Wildman–Crippen MR) is 77.7 cm³/mol. The smallest absolute Gasteiger partial charge is 0.0641 e. The molecule has 0 radical (unpaired) electrons. The molecule has 2 aromatic carbocycles. The van der Waals surface area contributed by atoms with Gasteiger partial charge in [0.2, 0.25) is 0 Å². The van der Waals surface area contributed by atoms with Crippen molar-refractivity contribution in [2.75, 3.05) is 0 Å². The zero-order valence-electron chi connectivity index (χ0n) is 10.5. The van der Waals surface area contributed by atoms with E-state index in [0.29, 0.717) is 13.0 Å². The molecule has 0 amide bonds. The lowest BCUT2D eigenvalue weighted by atomic mass is 10.0. The van der Waals surface area contributed by atoms with Crippen LogP contribution in [0.4, 0.5) is 0 Å². The Labute approximate surface area is 118 Å². The lowest BCUT2D eigenvalue weighted by Crippen LogP contribution is -2.20. The van der Waals surface area contributed by atoms with E-state index in [1.807, 2.05) is 54.6 Å². The molecular formula is C16H15ClN2. The SMILES string of the molecule is N#CCC(NCc1ccccc1Cl)c1ccccc1. The van der Waals surface area contributed by atoms with E-state index in [-0.39, 0.29) is 6.04 Å². The summed E-state index contributed by atoms with van der Waals surface area (Å²) in [7, 11) is 0. The van der Waals surface area contributed by atoms with Crippen molar-refractivity contribution in [2.45, 2.75) is 19.0 Å². The molecule has 3 heteroatoms. The Hall–Kier alpha value is -1.82. The van der Waals surface area contributed by atoms with Gasteiger partial charge in [0.1, 0.15) is 0 Å². The molecule has 0 fully saturated rings. The zero-order chi connectivity index (χ0) is 13.5. The highest BCUT2D eigenvalue weighted by Crippen LogP contribution is 2.19. The highest BCUT2D eigenvalue weighted by Gasteiger charge is 2.10. The molecule has 0 aliphatic carbocycles. The van der Waals surface area contributed by atoms with Crippen LogP contribution in [0, 0.1) is 11.3 Å². The van der Waals surface area contributed by atoms with Crippen LogP contribution in [-0.4, -0.2) is 0 Å². The summed E-state index contributed by atoms with van der Waals surface area (Å²) in [6.45, 7) is 0.654. The van der Waals surface area contributed by atoms with Gasteiger partial charge in [0.05, 0.1) is 12.5 Å². The number of nitriles is 1. The molecule has 0 aliphatic heterocycles. The van der Waals surface area contributed by atoms with Crippen molar-refractivity contribution in [1.82, 2.24) is 5.32 Å². The zero-order valence-corrected chi connectivity index (χ0v) is 11.3. The fraction of sp³-hybridized carbons (Fsp3) is 0.188. The van der Waals surface area contributed by atoms with Gasteiger partial charge in [0, 0.05) is 17.6 Å². The second-order valence-corrected chi connectivity index (χ2v) is 4.71. The Morgan fingerprint density at radius 1 is 1.05 bits per heavy atom. The highest BCUT2D eigenvalue weighted by molar-refractivity contribution is 6.31. The van der Waals surface area contributed by atoms with Crippen LogP contribution in [0.5, 0.6) is 0 Å². The van der Waals surface area contributed by atoms with E-state index in [4.69, 9.17) is 16.9 Å². The summed E-state index contributed by atoms with van der Waals surface area (Å²) in [5.41, 5.74) is 2.17. The van der Waals surface area contributed by atoms with Crippen molar-refractivity contribution in [3.63, 3.8) is 0 Å². The first-order valence-electron chi connectivity index (χ1n) is 6.20. The molecule has 1 atom stereocenters. The van der Waals surface area contributed by atoms with Crippen LogP contribution in [0.3, 0.4) is 0 Å². The molecule has 0 aliphatic rings. The van der Waals surface area contributed by atoms with E-state index in [1.165, 1.54) is 0 Å². The first-order valence-corrected chi connectivity index (χ1v) is 6.57. The van der Waals surface area contributed by atoms with Gasteiger partial charge >= 0.3 is 0 Å². The number of nitrogens with zero attached hydrogens (tertiary/aromatic N) is 1. The Balaban J connectivity index is 2.07. The number of rotatable bonds is 5. The van der Waals surface area contributed by atoms with Gasteiger partial charge in [-0.15, -0.1) is 0 Å². The van der Waals surface area contributed by atoms with Crippen molar-refractivity contribution in [2.24, 2.45) is 0 Å². The molecule has 0 heterocycles. The fourth-order valence-electron chi connectivity index (χ4n) is 1.96. The summed E-state index contributed by atoms with van der Waals surface area (Å²) in [6.07, 6.45) is 0.439. The van der Waals surface area contributed by atoms with Gasteiger partial charge in [0.25, 0.3) is 0 Å². The Kier molecular flexibility index (Phi) is 4.97. The van der Waals surface area contributed by atoms with Gasteiger partial charge in [-0.05, 0) is 17.2 Å². The van der Waals surface area contributed by atoms with E-state index in [1.54, 1.807) is 0 Å². The Bertz CT molecular complexity index is 560. The van der Waals surface area contributed by atoms with Crippen molar-refractivity contribution in [3.05, 3.63) is 70.7 Å². The summed E-state index contributed by atoms with van der Waals surface area (Å²) in [6, 6.07) is 20.0. The van der Waals surface area contributed by atoms with Gasteiger partial charge in [-0.25, -0.2) is 0 Å². The molecule has 2 aromatic rings. The number of hydrogen-bond acceptors (Lipinski definition) is 2. The van der Waals surface area contributed by atoms with Crippen LogP contribution in [0.2, 0.25) is 5.02 Å². The maximum absolute atomic E-state index is 8.93. The van der Waals surface area contributed by atoms with Gasteiger partial charge in [-0.1, -0.05) is 60.1 Å². The quantitative estimate of drug-likeness (QED) is 0.888.